The van der Waals surface area contributed by atoms with E-state index in [2.05, 4.69) is 31.0 Å². The Morgan fingerprint density at radius 1 is 1.50 bits per heavy atom. The SMILES string of the molecule is CC(C)C(C)n1c(N)n[nH]c1=S. The van der Waals surface area contributed by atoms with Crippen LogP contribution in [0.1, 0.15) is 26.8 Å². The van der Waals surface area contributed by atoms with E-state index >= 15 is 0 Å². The van der Waals surface area contributed by atoms with Gasteiger partial charge in [-0.25, -0.2) is 5.10 Å². The van der Waals surface area contributed by atoms with Crippen LogP contribution in [0, 0.1) is 10.7 Å². The van der Waals surface area contributed by atoms with E-state index in [4.69, 9.17) is 18.0 Å². The second-order valence-electron chi connectivity index (χ2n) is 3.24. The molecule has 0 aliphatic rings. The largest absolute Gasteiger partial charge is 0.368 e. The van der Waals surface area contributed by atoms with Gasteiger partial charge < -0.3 is 5.73 Å². The molecule has 0 fully saturated rings. The quantitative estimate of drug-likeness (QED) is 0.692. The second kappa shape index (κ2) is 3.26. The first-order valence-electron chi connectivity index (χ1n) is 3.96. The summed E-state index contributed by atoms with van der Waals surface area (Å²) in [4.78, 5) is 0. The summed E-state index contributed by atoms with van der Waals surface area (Å²) in [6.45, 7) is 6.32. The van der Waals surface area contributed by atoms with Crippen molar-refractivity contribution in [2.24, 2.45) is 5.92 Å². The highest BCUT2D eigenvalue weighted by Crippen LogP contribution is 2.19. The van der Waals surface area contributed by atoms with Gasteiger partial charge >= 0.3 is 0 Å². The standard InChI is InChI=1S/C7H14N4S/c1-4(2)5(3)11-6(8)9-10-7(11)12/h4-5H,1-3H3,(H2,8,9)(H,10,12). The van der Waals surface area contributed by atoms with E-state index in [1.165, 1.54) is 0 Å². The van der Waals surface area contributed by atoms with E-state index in [1.54, 1.807) is 0 Å². The van der Waals surface area contributed by atoms with E-state index in [-0.39, 0.29) is 6.04 Å². The Hall–Kier alpha value is -0.840. The van der Waals surface area contributed by atoms with E-state index in [9.17, 15) is 0 Å². The Bertz CT molecular complexity index is 311. The molecule has 0 amide bonds. The normalized spacial score (nSPS) is 13.7. The number of nitrogens with zero attached hydrogens (tertiary/aromatic N) is 2. The molecule has 0 radical (unpaired) electrons. The van der Waals surface area contributed by atoms with Crippen molar-refractivity contribution in [1.82, 2.24) is 14.8 Å². The van der Waals surface area contributed by atoms with E-state index < -0.39 is 0 Å². The second-order valence-corrected chi connectivity index (χ2v) is 3.63. The maximum absolute atomic E-state index is 5.63. The summed E-state index contributed by atoms with van der Waals surface area (Å²) in [6, 6.07) is 0.288. The molecule has 4 nitrogen and oxygen atoms in total. The van der Waals surface area contributed by atoms with Crippen LogP contribution in [-0.2, 0) is 0 Å². The molecule has 0 saturated heterocycles. The van der Waals surface area contributed by atoms with Gasteiger partial charge in [-0.1, -0.05) is 13.8 Å². The summed E-state index contributed by atoms with van der Waals surface area (Å²) in [7, 11) is 0. The van der Waals surface area contributed by atoms with Gasteiger partial charge in [-0.2, -0.15) is 0 Å². The van der Waals surface area contributed by atoms with Crippen LogP contribution in [0.5, 0.6) is 0 Å². The predicted molar refractivity (Wildman–Crippen MR) is 51.4 cm³/mol. The van der Waals surface area contributed by atoms with Crippen molar-refractivity contribution < 1.29 is 0 Å². The number of H-pyrrole nitrogens is 1. The van der Waals surface area contributed by atoms with Crippen molar-refractivity contribution in [3.05, 3.63) is 4.77 Å². The third-order valence-corrected chi connectivity index (χ3v) is 2.39. The van der Waals surface area contributed by atoms with Gasteiger partial charge in [0.1, 0.15) is 0 Å². The maximum Gasteiger partial charge on any atom is 0.220 e. The molecule has 0 aromatic carbocycles. The number of nitrogen functional groups attached to an aromatic ring is 1. The number of aromatic nitrogens is 3. The number of nitrogens with one attached hydrogen (secondary N) is 1. The summed E-state index contributed by atoms with van der Waals surface area (Å²) in [5.74, 6) is 0.956. The van der Waals surface area contributed by atoms with Crippen LogP contribution in [0.2, 0.25) is 0 Å². The first-order chi connectivity index (χ1) is 5.54. The van der Waals surface area contributed by atoms with Gasteiger partial charge in [0.25, 0.3) is 0 Å². The summed E-state index contributed by atoms with van der Waals surface area (Å²) >= 11 is 5.03. The summed E-state index contributed by atoms with van der Waals surface area (Å²) in [6.07, 6.45) is 0. The Balaban J connectivity index is 3.09. The van der Waals surface area contributed by atoms with E-state index in [0.29, 0.717) is 16.6 Å². The van der Waals surface area contributed by atoms with Gasteiger partial charge in [0.15, 0.2) is 4.77 Å². The number of nitrogens with two attached hydrogens (primary N) is 1. The first kappa shape index (κ1) is 9.25. The molecule has 12 heavy (non-hydrogen) atoms. The molecule has 0 aliphatic carbocycles. The molecular weight excluding hydrogens is 172 g/mol. The third-order valence-electron chi connectivity index (χ3n) is 2.10. The minimum atomic E-state index is 0.288. The van der Waals surface area contributed by atoms with E-state index in [0.717, 1.165) is 0 Å². The summed E-state index contributed by atoms with van der Waals surface area (Å²) in [5.41, 5.74) is 5.63. The van der Waals surface area contributed by atoms with Crippen molar-refractivity contribution >= 4 is 18.2 Å². The predicted octanol–water partition coefficient (Wildman–Crippen LogP) is 1.74. The zero-order valence-electron chi connectivity index (χ0n) is 7.53. The minimum Gasteiger partial charge on any atom is -0.368 e. The Morgan fingerprint density at radius 3 is 2.42 bits per heavy atom. The highest BCUT2D eigenvalue weighted by Gasteiger charge is 2.13. The average molecular weight is 186 g/mol. The Labute approximate surface area is 76.8 Å². The number of hydrogen-bond donors (Lipinski definition) is 2. The zero-order valence-corrected chi connectivity index (χ0v) is 8.35. The van der Waals surface area contributed by atoms with Crippen molar-refractivity contribution in [2.75, 3.05) is 5.73 Å². The molecule has 1 unspecified atom stereocenters. The zero-order chi connectivity index (χ0) is 9.30. The minimum absolute atomic E-state index is 0.288. The number of rotatable bonds is 2. The average Bonchev–Trinajstić information content (AvgIpc) is 2.30. The van der Waals surface area contributed by atoms with Gasteiger partial charge in [-0.15, -0.1) is 5.10 Å². The lowest BCUT2D eigenvalue weighted by atomic mass is 10.1. The summed E-state index contributed by atoms with van der Waals surface area (Å²) in [5, 5.41) is 6.51. The van der Waals surface area contributed by atoms with Crippen molar-refractivity contribution in [3.63, 3.8) is 0 Å². The molecule has 3 N–H and O–H groups in total. The van der Waals surface area contributed by atoms with Crippen LogP contribution in [0.4, 0.5) is 5.95 Å². The molecule has 0 bridgehead atoms. The van der Waals surface area contributed by atoms with Gasteiger partial charge in [-0.3, -0.25) is 4.57 Å². The van der Waals surface area contributed by atoms with Gasteiger partial charge in [0.05, 0.1) is 0 Å². The van der Waals surface area contributed by atoms with Crippen molar-refractivity contribution in [1.29, 1.82) is 0 Å². The van der Waals surface area contributed by atoms with Crippen LogP contribution in [0.15, 0.2) is 0 Å². The number of anilines is 1. The van der Waals surface area contributed by atoms with Crippen LogP contribution in [0.3, 0.4) is 0 Å². The Kier molecular flexibility index (Phi) is 2.52. The molecule has 1 rings (SSSR count). The molecule has 0 aliphatic heterocycles. The van der Waals surface area contributed by atoms with Gasteiger partial charge in [0, 0.05) is 6.04 Å². The maximum atomic E-state index is 5.63. The first-order valence-corrected chi connectivity index (χ1v) is 4.37. The fourth-order valence-corrected chi connectivity index (χ4v) is 1.31. The molecule has 5 heteroatoms. The monoisotopic (exact) mass is 186 g/mol. The van der Waals surface area contributed by atoms with Crippen molar-refractivity contribution in [2.45, 2.75) is 26.8 Å². The molecule has 0 saturated carbocycles. The Morgan fingerprint density at radius 2 is 2.08 bits per heavy atom. The highest BCUT2D eigenvalue weighted by atomic mass is 32.1. The highest BCUT2D eigenvalue weighted by molar-refractivity contribution is 7.71. The molecule has 1 aromatic rings. The lowest BCUT2D eigenvalue weighted by Gasteiger charge is -2.17. The van der Waals surface area contributed by atoms with Gasteiger partial charge in [0.2, 0.25) is 5.95 Å². The molecule has 1 heterocycles. The van der Waals surface area contributed by atoms with Crippen LogP contribution in [0.25, 0.3) is 0 Å². The van der Waals surface area contributed by atoms with Crippen LogP contribution < -0.4 is 5.73 Å². The molecular formula is C7H14N4S. The molecule has 68 valence electrons. The lowest BCUT2D eigenvalue weighted by Crippen LogP contribution is -2.14. The topological polar surface area (TPSA) is 59.6 Å². The fourth-order valence-electron chi connectivity index (χ4n) is 1.01. The number of hydrogen-bond acceptors (Lipinski definition) is 3. The fraction of sp³-hybridized carbons (Fsp3) is 0.714. The lowest BCUT2D eigenvalue weighted by molar-refractivity contribution is 0.408. The smallest absolute Gasteiger partial charge is 0.220 e. The van der Waals surface area contributed by atoms with Crippen molar-refractivity contribution in [3.8, 4) is 0 Å². The summed E-state index contributed by atoms with van der Waals surface area (Å²) < 4.78 is 2.42. The van der Waals surface area contributed by atoms with Crippen LogP contribution >= 0.6 is 12.2 Å². The van der Waals surface area contributed by atoms with Crippen LogP contribution in [-0.4, -0.2) is 14.8 Å². The molecule has 1 aromatic heterocycles. The third kappa shape index (κ3) is 1.50. The number of aromatic amines is 1. The van der Waals surface area contributed by atoms with E-state index in [1.807, 2.05) is 4.57 Å². The molecule has 1 atom stereocenters. The molecule has 0 spiro atoms. The van der Waals surface area contributed by atoms with Gasteiger partial charge in [-0.05, 0) is 25.1 Å².